The molecular formula is C18H34O4. The highest BCUT2D eigenvalue weighted by molar-refractivity contribution is 5.72. The number of rotatable bonds is 13. The van der Waals surface area contributed by atoms with Crippen molar-refractivity contribution >= 4 is 11.9 Å². The lowest BCUT2D eigenvalue weighted by Crippen LogP contribution is -2.21. The molecule has 0 saturated carbocycles. The maximum Gasteiger partial charge on any atom is 0.308 e. The van der Waals surface area contributed by atoms with Crippen molar-refractivity contribution in [2.24, 2.45) is 17.8 Å². The molecule has 0 heterocycles. The second kappa shape index (κ2) is 12.5. The van der Waals surface area contributed by atoms with Gasteiger partial charge in [-0.1, -0.05) is 53.4 Å². The van der Waals surface area contributed by atoms with Crippen LogP contribution in [0, 0.1) is 17.8 Å². The number of ether oxygens (including phenoxy) is 1. The molecule has 4 heteroatoms. The molecule has 0 aliphatic rings. The van der Waals surface area contributed by atoms with Gasteiger partial charge in [0, 0.05) is 0 Å². The molecule has 0 aromatic rings. The van der Waals surface area contributed by atoms with E-state index in [1.54, 1.807) is 6.92 Å². The summed E-state index contributed by atoms with van der Waals surface area (Å²) >= 11 is 0. The monoisotopic (exact) mass is 314 g/mol. The van der Waals surface area contributed by atoms with Crippen molar-refractivity contribution in [3.63, 3.8) is 0 Å². The van der Waals surface area contributed by atoms with Crippen molar-refractivity contribution in [2.45, 2.75) is 79.1 Å². The molecule has 0 aliphatic carbocycles. The van der Waals surface area contributed by atoms with E-state index >= 15 is 0 Å². The summed E-state index contributed by atoms with van der Waals surface area (Å²) < 4.78 is 5.46. The average molecular weight is 314 g/mol. The van der Waals surface area contributed by atoms with Crippen molar-refractivity contribution in [3.05, 3.63) is 0 Å². The third-order valence-corrected chi connectivity index (χ3v) is 4.23. The van der Waals surface area contributed by atoms with Gasteiger partial charge in [-0.3, -0.25) is 9.59 Å². The van der Waals surface area contributed by atoms with Gasteiger partial charge in [0.05, 0.1) is 18.4 Å². The number of aliphatic carboxylic acids is 1. The average Bonchev–Trinajstić information content (AvgIpc) is 2.49. The molecule has 0 spiro atoms. The first-order valence-electron chi connectivity index (χ1n) is 8.81. The van der Waals surface area contributed by atoms with Crippen molar-refractivity contribution < 1.29 is 19.4 Å². The number of hydrogen-bond acceptors (Lipinski definition) is 3. The van der Waals surface area contributed by atoms with Crippen LogP contribution in [0.3, 0.4) is 0 Å². The molecule has 1 N–H and O–H groups in total. The summed E-state index contributed by atoms with van der Waals surface area (Å²) in [5.74, 6) is -1.16. The van der Waals surface area contributed by atoms with Gasteiger partial charge in [-0.2, -0.15) is 0 Å². The molecule has 0 fully saturated rings. The van der Waals surface area contributed by atoms with E-state index in [0.717, 1.165) is 19.3 Å². The fraction of sp³-hybridized carbons (Fsp3) is 0.889. The van der Waals surface area contributed by atoms with Crippen LogP contribution in [0.1, 0.15) is 79.1 Å². The Kier molecular flexibility index (Phi) is 11.9. The maximum atomic E-state index is 12.0. The molecule has 3 atom stereocenters. The quantitative estimate of drug-likeness (QED) is 0.396. The Morgan fingerprint density at radius 3 is 2.09 bits per heavy atom. The molecule has 130 valence electrons. The predicted molar refractivity (Wildman–Crippen MR) is 88.7 cm³/mol. The van der Waals surface area contributed by atoms with Crippen LogP contribution < -0.4 is 0 Å². The molecule has 0 aliphatic heterocycles. The summed E-state index contributed by atoms with van der Waals surface area (Å²) in [4.78, 5) is 22.8. The second-order valence-electron chi connectivity index (χ2n) is 6.50. The Hall–Kier alpha value is -1.06. The molecule has 0 aromatic heterocycles. The summed E-state index contributed by atoms with van der Waals surface area (Å²) in [5, 5.41) is 8.86. The highest BCUT2D eigenvalue weighted by Crippen LogP contribution is 2.18. The van der Waals surface area contributed by atoms with Crippen molar-refractivity contribution in [3.8, 4) is 0 Å². The number of esters is 1. The lowest BCUT2D eigenvalue weighted by molar-refractivity contribution is -0.150. The number of carbonyl (C=O) groups is 2. The summed E-state index contributed by atoms with van der Waals surface area (Å²) in [5.41, 5.74) is 0. The molecule has 0 bridgehead atoms. The van der Waals surface area contributed by atoms with Crippen molar-refractivity contribution in [1.29, 1.82) is 0 Å². The lowest BCUT2D eigenvalue weighted by Gasteiger charge is -2.18. The van der Waals surface area contributed by atoms with Gasteiger partial charge >= 0.3 is 11.9 Å². The Morgan fingerprint density at radius 1 is 0.909 bits per heavy atom. The first-order chi connectivity index (χ1) is 10.4. The number of hydrogen-bond donors (Lipinski definition) is 1. The molecule has 3 unspecified atom stereocenters. The van der Waals surface area contributed by atoms with E-state index in [-0.39, 0.29) is 11.9 Å². The van der Waals surface area contributed by atoms with E-state index in [2.05, 4.69) is 13.8 Å². The summed E-state index contributed by atoms with van der Waals surface area (Å²) in [7, 11) is 0. The zero-order chi connectivity index (χ0) is 17.0. The van der Waals surface area contributed by atoms with Crippen molar-refractivity contribution in [2.75, 3.05) is 6.61 Å². The van der Waals surface area contributed by atoms with Gasteiger partial charge in [-0.05, 0) is 31.6 Å². The van der Waals surface area contributed by atoms with E-state index < -0.39 is 11.9 Å². The smallest absolute Gasteiger partial charge is 0.308 e. The Bertz CT molecular complexity index is 314. The molecular weight excluding hydrogens is 280 g/mol. The highest BCUT2D eigenvalue weighted by Gasteiger charge is 2.19. The van der Waals surface area contributed by atoms with Gasteiger partial charge in [0.2, 0.25) is 0 Å². The van der Waals surface area contributed by atoms with Crippen LogP contribution in [-0.2, 0) is 14.3 Å². The minimum atomic E-state index is -0.806. The van der Waals surface area contributed by atoms with Crippen LogP contribution in [0.2, 0.25) is 0 Å². The van der Waals surface area contributed by atoms with Gasteiger partial charge in [0.25, 0.3) is 0 Å². The molecule has 0 radical (unpaired) electrons. The maximum absolute atomic E-state index is 12.0. The molecule has 22 heavy (non-hydrogen) atoms. The van der Waals surface area contributed by atoms with E-state index in [0.29, 0.717) is 25.4 Å². The Balaban J connectivity index is 4.06. The fourth-order valence-electron chi connectivity index (χ4n) is 2.49. The minimum Gasteiger partial charge on any atom is -0.481 e. The standard InChI is InChI=1S/C18H34O4/c1-5-7-8-10-16(9-6-2)13-22-18(21)15(4)12-11-14(3)17(19)20/h14-16H,5-13H2,1-4H3,(H,19,20). The Labute approximate surface area is 135 Å². The van der Waals surface area contributed by atoms with E-state index in [1.807, 2.05) is 6.92 Å². The number of carbonyl (C=O) groups excluding carboxylic acids is 1. The second-order valence-corrected chi connectivity index (χ2v) is 6.50. The molecule has 0 amide bonds. The third kappa shape index (κ3) is 9.80. The minimum absolute atomic E-state index is 0.186. The summed E-state index contributed by atoms with van der Waals surface area (Å²) in [6.45, 7) is 8.35. The zero-order valence-corrected chi connectivity index (χ0v) is 14.8. The largest absolute Gasteiger partial charge is 0.481 e. The van der Waals surface area contributed by atoms with Crippen LogP contribution in [-0.4, -0.2) is 23.7 Å². The number of carboxylic acids is 1. The molecule has 0 saturated heterocycles. The fourth-order valence-corrected chi connectivity index (χ4v) is 2.49. The van der Waals surface area contributed by atoms with Crippen molar-refractivity contribution in [1.82, 2.24) is 0 Å². The highest BCUT2D eigenvalue weighted by atomic mass is 16.5. The number of carboxylic acid groups (broad SMARTS) is 1. The first kappa shape index (κ1) is 20.9. The van der Waals surface area contributed by atoms with Gasteiger partial charge in [0.1, 0.15) is 0 Å². The van der Waals surface area contributed by atoms with Crippen LogP contribution in [0.4, 0.5) is 0 Å². The van der Waals surface area contributed by atoms with Crippen LogP contribution in [0.25, 0.3) is 0 Å². The predicted octanol–water partition coefficient (Wildman–Crippen LogP) is 4.66. The zero-order valence-electron chi connectivity index (χ0n) is 14.8. The third-order valence-electron chi connectivity index (χ3n) is 4.23. The van der Waals surface area contributed by atoms with Gasteiger partial charge in [-0.15, -0.1) is 0 Å². The van der Waals surface area contributed by atoms with E-state index in [1.165, 1.54) is 19.3 Å². The van der Waals surface area contributed by atoms with Gasteiger partial charge in [0.15, 0.2) is 0 Å². The normalized spacial score (nSPS) is 15.1. The summed E-state index contributed by atoms with van der Waals surface area (Å²) in [6, 6.07) is 0. The Morgan fingerprint density at radius 2 is 1.55 bits per heavy atom. The van der Waals surface area contributed by atoms with Crippen LogP contribution >= 0.6 is 0 Å². The van der Waals surface area contributed by atoms with E-state index in [9.17, 15) is 9.59 Å². The number of unbranched alkanes of at least 4 members (excludes halogenated alkanes) is 2. The first-order valence-corrected chi connectivity index (χ1v) is 8.81. The molecule has 4 nitrogen and oxygen atoms in total. The summed E-state index contributed by atoms with van der Waals surface area (Å²) in [6.07, 6.45) is 8.06. The van der Waals surface area contributed by atoms with Crippen LogP contribution in [0.15, 0.2) is 0 Å². The SMILES string of the molecule is CCCCCC(CCC)COC(=O)C(C)CCC(C)C(=O)O. The van der Waals surface area contributed by atoms with Gasteiger partial charge < -0.3 is 9.84 Å². The van der Waals surface area contributed by atoms with Gasteiger partial charge in [-0.25, -0.2) is 0 Å². The van der Waals surface area contributed by atoms with Crippen LogP contribution in [0.5, 0.6) is 0 Å². The molecule has 0 rings (SSSR count). The topological polar surface area (TPSA) is 63.6 Å². The van der Waals surface area contributed by atoms with E-state index in [4.69, 9.17) is 9.84 Å². The molecule has 0 aromatic carbocycles. The lowest BCUT2D eigenvalue weighted by atomic mass is 9.97.